The van der Waals surface area contributed by atoms with Gasteiger partial charge in [-0.2, -0.15) is 9.98 Å². The maximum atomic E-state index is 12.2. The number of nitrogens with zero attached hydrogens (tertiary/aromatic N) is 1. The van der Waals surface area contributed by atoms with E-state index in [2.05, 4.69) is 4.72 Å². The Labute approximate surface area is 124 Å². The van der Waals surface area contributed by atoms with Crippen LogP contribution in [0, 0.1) is 11.3 Å². The molecule has 0 unspecified atom stereocenters. The Morgan fingerprint density at radius 1 is 1.29 bits per heavy atom. The van der Waals surface area contributed by atoms with E-state index in [1.165, 1.54) is 24.3 Å². The highest BCUT2D eigenvalue weighted by Gasteiger charge is 2.38. The van der Waals surface area contributed by atoms with Gasteiger partial charge in [0.2, 0.25) is 10.0 Å². The van der Waals surface area contributed by atoms with Crippen LogP contribution >= 0.6 is 0 Å². The van der Waals surface area contributed by atoms with E-state index in [-0.39, 0.29) is 18.6 Å². The van der Waals surface area contributed by atoms with Gasteiger partial charge in [-0.25, -0.2) is 8.42 Å². The van der Waals surface area contributed by atoms with Gasteiger partial charge >= 0.3 is 5.97 Å². The van der Waals surface area contributed by atoms with Crippen LogP contribution in [-0.2, 0) is 20.6 Å². The van der Waals surface area contributed by atoms with Crippen LogP contribution in [0.5, 0.6) is 0 Å². The predicted molar refractivity (Wildman–Crippen MR) is 77.9 cm³/mol. The minimum Gasteiger partial charge on any atom is -0.480 e. The highest BCUT2D eigenvalue weighted by molar-refractivity contribution is 7.88. The standard InChI is InChI=1S/C14H18N2O4S/c1-3-14(4-2,13(17)18)16-21(19,20)10-12-7-5-11(9-15)6-8-12/h5-8,16H,3-4,10H2,1-2H3,(H,17,18). The first-order chi connectivity index (χ1) is 9.78. The van der Waals surface area contributed by atoms with Crippen molar-refractivity contribution < 1.29 is 18.3 Å². The molecule has 2 N–H and O–H groups in total. The van der Waals surface area contributed by atoms with E-state index in [1.807, 2.05) is 6.07 Å². The summed E-state index contributed by atoms with van der Waals surface area (Å²) in [5, 5.41) is 18.0. The van der Waals surface area contributed by atoms with E-state index in [1.54, 1.807) is 13.8 Å². The zero-order valence-corrected chi connectivity index (χ0v) is 12.8. The summed E-state index contributed by atoms with van der Waals surface area (Å²) in [6.07, 6.45) is 0.316. The molecule has 0 saturated heterocycles. The number of hydrogen-bond acceptors (Lipinski definition) is 4. The van der Waals surface area contributed by atoms with E-state index >= 15 is 0 Å². The quantitative estimate of drug-likeness (QED) is 0.795. The number of benzene rings is 1. The van der Waals surface area contributed by atoms with Gasteiger partial charge in [-0.3, -0.25) is 4.79 Å². The summed E-state index contributed by atoms with van der Waals surface area (Å²) in [7, 11) is -3.79. The molecule has 0 amide bonds. The summed E-state index contributed by atoms with van der Waals surface area (Å²) in [5.41, 5.74) is -0.551. The zero-order chi connectivity index (χ0) is 16.1. The lowest BCUT2D eigenvalue weighted by molar-refractivity contribution is -0.144. The molecule has 0 bridgehead atoms. The largest absolute Gasteiger partial charge is 0.480 e. The van der Waals surface area contributed by atoms with Crippen LogP contribution in [0.2, 0.25) is 0 Å². The molecule has 0 aliphatic heterocycles. The maximum absolute atomic E-state index is 12.2. The molecule has 0 aliphatic rings. The Morgan fingerprint density at radius 3 is 2.19 bits per heavy atom. The first-order valence-electron chi connectivity index (χ1n) is 6.52. The average molecular weight is 310 g/mol. The van der Waals surface area contributed by atoms with Gasteiger partial charge in [-0.1, -0.05) is 26.0 Å². The van der Waals surface area contributed by atoms with Gasteiger partial charge in [-0.05, 0) is 30.5 Å². The summed E-state index contributed by atoms with van der Waals surface area (Å²) < 4.78 is 26.6. The molecule has 1 aromatic carbocycles. The van der Waals surface area contributed by atoms with Gasteiger partial charge in [-0.15, -0.1) is 0 Å². The smallest absolute Gasteiger partial charge is 0.324 e. The predicted octanol–water partition coefficient (Wildman–Crippen LogP) is 1.62. The molecule has 21 heavy (non-hydrogen) atoms. The Bertz CT molecular complexity index is 641. The Balaban J connectivity index is 2.95. The molecular formula is C14H18N2O4S. The summed E-state index contributed by atoms with van der Waals surface area (Å²) in [6, 6.07) is 8.07. The van der Waals surface area contributed by atoms with Crippen molar-refractivity contribution in [2.75, 3.05) is 0 Å². The molecular weight excluding hydrogens is 292 g/mol. The van der Waals surface area contributed by atoms with Crippen LogP contribution in [-0.4, -0.2) is 25.0 Å². The van der Waals surface area contributed by atoms with Crippen LogP contribution in [0.4, 0.5) is 0 Å². The molecule has 1 aromatic rings. The van der Waals surface area contributed by atoms with E-state index < -0.39 is 21.5 Å². The number of nitrogens with one attached hydrogen (secondary N) is 1. The fourth-order valence-electron chi connectivity index (χ4n) is 1.97. The molecule has 0 radical (unpaired) electrons. The zero-order valence-electron chi connectivity index (χ0n) is 12.0. The molecule has 6 nitrogen and oxygen atoms in total. The first kappa shape index (κ1) is 17.1. The lowest BCUT2D eigenvalue weighted by Crippen LogP contribution is -2.53. The number of rotatable bonds is 7. The van der Waals surface area contributed by atoms with E-state index in [4.69, 9.17) is 5.26 Å². The highest BCUT2D eigenvalue weighted by atomic mass is 32.2. The highest BCUT2D eigenvalue weighted by Crippen LogP contribution is 2.18. The minimum atomic E-state index is -3.79. The molecule has 0 atom stereocenters. The van der Waals surface area contributed by atoms with Crippen molar-refractivity contribution in [2.45, 2.75) is 38.0 Å². The van der Waals surface area contributed by atoms with Crippen molar-refractivity contribution in [3.8, 4) is 6.07 Å². The Morgan fingerprint density at radius 2 is 1.81 bits per heavy atom. The monoisotopic (exact) mass is 310 g/mol. The first-order valence-corrected chi connectivity index (χ1v) is 8.18. The van der Waals surface area contributed by atoms with E-state index in [0.29, 0.717) is 11.1 Å². The maximum Gasteiger partial charge on any atom is 0.324 e. The van der Waals surface area contributed by atoms with Crippen molar-refractivity contribution in [3.05, 3.63) is 35.4 Å². The molecule has 1 rings (SSSR count). The third-order valence-corrected chi connectivity index (χ3v) is 4.82. The van der Waals surface area contributed by atoms with Crippen LogP contribution in [0.1, 0.15) is 37.8 Å². The molecule has 0 saturated carbocycles. The molecule has 7 heteroatoms. The van der Waals surface area contributed by atoms with Crippen LogP contribution < -0.4 is 4.72 Å². The SMILES string of the molecule is CCC(CC)(NS(=O)(=O)Cc1ccc(C#N)cc1)C(=O)O. The van der Waals surface area contributed by atoms with Crippen molar-refractivity contribution in [3.63, 3.8) is 0 Å². The second-order valence-electron chi connectivity index (χ2n) is 4.76. The van der Waals surface area contributed by atoms with Gasteiger partial charge in [0.15, 0.2) is 0 Å². The van der Waals surface area contributed by atoms with E-state index in [9.17, 15) is 18.3 Å². The summed E-state index contributed by atoms with van der Waals surface area (Å²) >= 11 is 0. The van der Waals surface area contributed by atoms with Crippen LogP contribution in [0.25, 0.3) is 0 Å². The molecule has 0 fully saturated rings. The van der Waals surface area contributed by atoms with Gasteiger partial charge in [0.05, 0.1) is 17.4 Å². The third kappa shape index (κ3) is 4.28. The fourth-order valence-corrected chi connectivity index (χ4v) is 3.64. The number of carbonyl (C=O) groups is 1. The molecule has 0 heterocycles. The summed E-state index contributed by atoms with van der Waals surface area (Å²) in [6.45, 7) is 3.25. The molecule has 0 spiro atoms. The summed E-state index contributed by atoms with van der Waals surface area (Å²) in [4.78, 5) is 11.3. The molecule has 0 aliphatic carbocycles. The second kappa shape index (κ2) is 6.70. The Kier molecular flexibility index (Phi) is 5.47. The van der Waals surface area contributed by atoms with Gasteiger partial charge < -0.3 is 5.11 Å². The fraction of sp³-hybridized carbons (Fsp3) is 0.429. The number of hydrogen-bond donors (Lipinski definition) is 2. The van der Waals surface area contributed by atoms with Crippen molar-refractivity contribution in [1.82, 2.24) is 4.72 Å². The van der Waals surface area contributed by atoms with Gasteiger partial charge in [0.25, 0.3) is 0 Å². The third-order valence-electron chi connectivity index (χ3n) is 3.41. The van der Waals surface area contributed by atoms with Crippen molar-refractivity contribution in [1.29, 1.82) is 5.26 Å². The topological polar surface area (TPSA) is 107 Å². The normalized spacial score (nSPS) is 11.9. The van der Waals surface area contributed by atoms with Gasteiger partial charge in [0, 0.05) is 0 Å². The van der Waals surface area contributed by atoms with Crippen LogP contribution in [0.15, 0.2) is 24.3 Å². The lowest BCUT2D eigenvalue weighted by Gasteiger charge is -2.27. The lowest BCUT2D eigenvalue weighted by atomic mass is 9.95. The van der Waals surface area contributed by atoms with Crippen molar-refractivity contribution in [2.24, 2.45) is 0 Å². The number of carboxylic acids is 1. The average Bonchev–Trinajstić information content (AvgIpc) is 2.45. The summed E-state index contributed by atoms with van der Waals surface area (Å²) in [5.74, 6) is -1.51. The van der Waals surface area contributed by atoms with Crippen molar-refractivity contribution >= 4 is 16.0 Å². The number of aliphatic carboxylic acids is 1. The molecule has 114 valence electrons. The van der Waals surface area contributed by atoms with E-state index in [0.717, 1.165) is 0 Å². The minimum absolute atomic E-state index is 0.158. The van der Waals surface area contributed by atoms with Gasteiger partial charge in [0.1, 0.15) is 5.54 Å². The molecule has 0 aromatic heterocycles. The number of nitriles is 1. The second-order valence-corrected chi connectivity index (χ2v) is 6.49. The van der Waals surface area contributed by atoms with Crippen LogP contribution in [0.3, 0.4) is 0 Å². The number of carboxylic acid groups (broad SMARTS) is 1. The Hall–Kier alpha value is -1.91. The number of sulfonamides is 1.